The van der Waals surface area contributed by atoms with Gasteiger partial charge in [0.05, 0.1) is 12.2 Å². The monoisotopic (exact) mass is 262 g/mol. The number of aromatic carboxylic acids is 1. The van der Waals surface area contributed by atoms with E-state index in [4.69, 9.17) is 16.7 Å². The lowest BCUT2D eigenvalue weighted by Crippen LogP contribution is -2.25. The van der Waals surface area contributed by atoms with Crippen LogP contribution in [-0.2, 0) is 0 Å². The van der Waals surface area contributed by atoms with E-state index in [9.17, 15) is 13.6 Å². The van der Waals surface area contributed by atoms with E-state index < -0.39 is 18.4 Å². The third kappa shape index (κ3) is 2.46. The molecule has 4 nitrogen and oxygen atoms in total. The van der Waals surface area contributed by atoms with Crippen molar-refractivity contribution < 1.29 is 18.7 Å². The fraction of sp³-hybridized carbons (Fsp3) is 0.400. The molecule has 0 saturated carbocycles. The van der Waals surface area contributed by atoms with Gasteiger partial charge in [-0.15, -0.1) is 0 Å². The number of nitrogens with zero attached hydrogens (tertiary/aromatic N) is 2. The Labute approximate surface area is 101 Å². The highest BCUT2D eigenvalue weighted by Gasteiger charge is 2.39. The molecular formula is C10H9ClF2N2O2. The summed E-state index contributed by atoms with van der Waals surface area (Å²) in [5.74, 6) is -3.93. The van der Waals surface area contributed by atoms with Gasteiger partial charge in [-0.1, -0.05) is 11.6 Å². The van der Waals surface area contributed by atoms with Crippen LogP contribution in [0.4, 0.5) is 14.5 Å². The molecule has 2 heterocycles. The SMILES string of the molecule is O=C(O)c1ccc(N2CCC(F)(F)C2)c(Cl)n1. The van der Waals surface area contributed by atoms with E-state index in [2.05, 4.69) is 4.98 Å². The number of carboxylic acid groups (broad SMARTS) is 1. The maximum atomic E-state index is 13.0. The van der Waals surface area contributed by atoms with E-state index in [1.165, 1.54) is 17.0 Å². The van der Waals surface area contributed by atoms with Crippen molar-refractivity contribution in [1.29, 1.82) is 0 Å². The summed E-state index contributed by atoms with van der Waals surface area (Å²) in [7, 11) is 0. The van der Waals surface area contributed by atoms with Crippen molar-refractivity contribution in [2.45, 2.75) is 12.3 Å². The molecule has 0 aliphatic carbocycles. The zero-order chi connectivity index (χ0) is 12.6. The fourth-order valence-corrected chi connectivity index (χ4v) is 2.00. The first kappa shape index (κ1) is 12.0. The Bertz CT molecular complexity index is 468. The summed E-state index contributed by atoms with van der Waals surface area (Å²) in [6, 6.07) is 2.65. The summed E-state index contributed by atoms with van der Waals surface area (Å²) in [6.45, 7) is -0.234. The van der Waals surface area contributed by atoms with Gasteiger partial charge in [-0.05, 0) is 12.1 Å². The van der Waals surface area contributed by atoms with Crippen LogP contribution in [0.3, 0.4) is 0 Å². The summed E-state index contributed by atoms with van der Waals surface area (Å²) in [5, 5.41) is 8.63. The molecule has 0 radical (unpaired) electrons. The molecule has 1 aromatic heterocycles. The van der Waals surface area contributed by atoms with Crippen molar-refractivity contribution >= 4 is 23.3 Å². The van der Waals surface area contributed by atoms with Gasteiger partial charge in [0.1, 0.15) is 5.69 Å². The Morgan fingerprint density at radius 1 is 1.53 bits per heavy atom. The second-order valence-electron chi connectivity index (χ2n) is 3.84. The first-order chi connectivity index (χ1) is 7.89. The molecule has 2 rings (SSSR count). The molecule has 7 heteroatoms. The Kier molecular flexibility index (Phi) is 2.91. The number of alkyl halides is 2. The molecule has 92 valence electrons. The van der Waals surface area contributed by atoms with E-state index in [1.54, 1.807) is 0 Å². The number of aromatic nitrogens is 1. The lowest BCUT2D eigenvalue weighted by Gasteiger charge is -2.18. The average molecular weight is 263 g/mol. The van der Waals surface area contributed by atoms with Crippen molar-refractivity contribution in [1.82, 2.24) is 4.98 Å². The average Bonchev–Trinajstić information content (AvgIpc) is 2.58. The van der Waals surface area contributed by atoms with Gasteiger partial charge >= 0.3 is 5.97 Å². The Hall–Kier alpha value is -1.43. The van der Waals surface area contributed by atoms with Crippen LogP contribution in [0.15, 0.2) is 12.1 Å². The highest BCUT2D eigenvalue weighted by atomic mass is 35.5. The largest absolute Gasteiger partial charge is 0.477 e. The number of hydrogen-bond donors (Lipinski definition) is 1. The zero-order valence-electron chi connectivity index (χ0n) is 8.66. The van der Waals surface area contributed by atoms with Crippen LogP contribution in [0.25, 0.3) is 0 Å². The minimum absolute atomic E-state index is 0.0670. The third-order valence-electron chi connectivity index (χ3n) is 2.56. The van der Waals surface area contributed by atoms with Crippen molar-refractivity contribution in [2.75, 3.05) is 18.0 Å². The molecule has 1 fully saturated rings. The van der Waals surface area contributed by atoms with E-state index in [0.717, 1.165) is 0 Å². The molecule has 1 N–H and O–H groups in total. The molecule has 17 heavy (non-hydrogen) atoms. The highest BCUT2D eigenvalue weighted by Crippen LogP contribution is 2.33. The zero-order valence-corrected chi connectivity index (χ0v) is 9.42. The van der Waals surface area contributed by atoms with Gasteiger partial charge in [-0.3, -0.25) is 0 Å². The number of pyridine rings is 1. The van der Waals surface area contributed by atoms with Crippen molar-refractivity contribution in [3.8, 4) is 0 Å². The van der Waals surface area contributed by atoms with E-state index >= 15 is 0 Å². The van der Waals surface area contributed by atoms with Crippen LogP contribution in [0.5, 0.6) is 0 Å². The molecule has 1 aliphatic rings. The maximum absolute atomic E-state index is 13.0. The van der Waals surface area contributed by atoms with Gasteiger partial charge < -0.3 is 10.0 Å². The predicted octanol–water partition coefficient (Wildman–Crippen LogP) is 2.28. The predicted molar refractivity (Wildman–Crippen MR) is 58.0 cm³/mol. The Balaban J connectivity index is 2.26. The second kappa shape index (κ2) is 4.10. The standard InChI is InChI=1S/C10H9ClF2N2O2/c11-8-7(2-1-6(14-8)9(16)17)15-4-3-10(12,13)5-15/h1-2H,3-5H2,(H,16,17). The molecule has 0 aromatic carbocycles. The topological polar surface area (TPSA) is 53.4 Å². The van der Waals surface area contributed by atoms with Crippen LogP contribution >= 0.6 is 11.6 Å². The molecular weight excluding hydrogens is 254 g/mol. The lowest BCUT2D eigenvalue weighted by atomic mass is 10.3. The highest BCUT2D eigenvalue weighted by molar-refractivity contribution is 6.32. The molecule has 1 aromatic rings. The van der Waals surface area contributed by atoms with Gasteiger partial charge in [0.15, 0.2) is 5.15 Å². The Morgan fingerprint density at radius 2 is 2.24 bits per heavy atom. The molecule has 1 saturated heterocycles. The molecule has 0 spiro atoms. The van der Waals surface area contributed by atoms with Crippen molar-refractivity contribution in [3.63, 3.8) is 0 Å². The quantitative estimate of drug-likeness (QED) is 0.831. The molecule has 1 aliphatic heterocycles. The van der Waals surface area contributed by atoms with E-state index in [1.807, 2.05) is 0 Å². The summed E-state index contributed by atoms with van der Waals surface area (Å²) in [6.07, 6.45) is -0.232. The number of rotatable bonds is 2. The Morgan fingerprint density at radius 3 is 2.71 bits per heavy atom. The van der Waals surface area contributed by atoms with Gasteiger partial charge in [-0.2, -0.15) is 0 Å². The normalized spacial score (nSPS) is 18.4. The van der Waals surface area contributed by atoms with Crippen LogP contribution in [-0.4, -0.2) is 35.1 Å². The van der Waals surface area contributed by atoms with Gasteiger partial charge in [-0.25, -0.2) is 18.6 Å². The van der Waals surface area contributed by atoms with Crippen molar-refractivity contribution in [3.05, 3.63) is 23.0 Å². The van der Waals surface area contributed by atoms with E-state index in [0.29, 0.717) is 5.69 Å². The smallest absolute Gasteiger partial charge is 0.354 e. The maximum Gasteiger partial charge on any atom is 0.354 e. The summed E-state index contributed by atoms with van der Waals surface area (Å²) in [5.41, 5.74) is 0.138. The lowest BCUT2D eigenvalue weighted by molar-refractivity contribution is 0.0257. The summed E-state index contributed by atoms with van der Waals surface area (Å²) in [4.78, 5) is 15.7. The van der Waals surface area contributed by atoms with Gasteiger partial charge in [0, 0.05) is 13.0 Å². The van der Waals surface area contributed by atoms with Crippen molar-refractivity contribution in [2.24, 2.45) is 0 Å². The first-order valence-electron chi connectivity index (χ1n) is 4.92. The minimum Gasteiger partial charge on any atom is -0.477 e. The fourth-order valence-electron chi connectivity index (χ4n) is 1.72. The third-order valence-corrected chi connectivity index (χ3v) is 2.84. The van der Waals surface area contributed by atoms with Gasteiger partial charge in [0.25, 0.3) is 5.92 Å². The summed E-state index contributed by atoms with van der Waals surface area (Å²) < 4.78 is 26.0. The van der Waals surface area contributed by atoms with Gasteiger partial charge in [0.2, 0.25) is 0 Å². The summed E-state index contributed by atoms with van der Waals surface area (Å²) >= 11 is 5.79. The van der Waals surface area contributed by atoms with Crippen LogP contribution in [0.2, 0.25) is 5.15 Å². The molecule has 0 atom stereocenters. The minimum atomic E-state index is -2.73. The number of carboxylic acids is 1. The van der Waals surface area contributed by atoms with Crippen LogP contribution in [0.1, 0.15) is 16.9 Å². The number of halogens is 3. The number of carbonyl (C=O) groups is 1. The van der Waals surface area contributed by atoms with E-state index in [-0.39, 0.29) is 23.8 Å². The van der Waals surface area contributed by atoms with Crippen LogP contribution < -0.4 is 4.90 Å². The van der Waals surface area contributed by atoms with Crippen LogP contribution in [0, 0.1) is 0 Å². The molecule has 0 unspecified atom stereocenters. The number of hydrogen-bond acceptors (Lipinski definition) is 3. The number of anilines is 1. The first-order valence-corrected chi connectivity index (χ1v) is 5.29. The second-order valence-corrected chi connectivity index (χ2v) is 4.20. The molecule has 0 amide bonds. The molecule has 0 bridgehead atoms.